The van der Waals surface area contributed by atoms with E-state index in [0.717, 1.165) is 6.07 Å². The van der Waals surface area contributed by atoms with E-state index in [-0.39, 0.29) is 22.2 Å². The average molecular weight is 463 g/mol. The summed E-state index contributed by atoms with van der Waals surface area (Å²) in [5, 5.41) is 14.3. The van der Waals surface area contributed by atoms with Gasteiger partial charge in [0.15, 0.2) is 0 Å². The molecule has 6 nitrogen and oxygen atoms in total. The number of hydroxylamine groups is 1. The van der Waals surface area contributed by atoms with Crippen molar-refractivity contribution < 1.29 is 23.1 Å². The highest BCUT2D eigenvalue weighted by Gasteiger charge is 2.33. The van der Waals surface area contributed by atoms with Crippen LogP contribution in [0.1, 0.15) is 11.3 Å². The average Bonchev–Trinajstić information content (AvgIpc) is 2.75. The van der Waals surface area contributed by atoms with Crippen LogP contribution in [0.2, 0.25) is 5.02 Å². The number of hydrogen-bond acceptors (Lipinski definition) is 6. The van der Waals surface area contributed by atoms with Crippen molar-refractivity contribution >= 4 is 28.7 Å². The zero-order valence-electron chi connectivity index (χ0n) is 16.5. The Kier molecular flexibility index (Phi) is 6.92. The number of nitrogens with zero attached hydrogens (tertiary/aromatic N) is 1. The number of alkyl halides is 3. The predicted octanol–water partition coefficient (Wildman–Crippen LogP) is 6.49. The summed E-state index contributed by atoms with van der Waals surface area (Å²) in [7, 11) is 0. The molecule has 0 amide bonds. The molecule has 32 heavy (non-hydrogen) atoms. The van der Waals surface area contributed by atoms with Crippen LogP contribution in [-0.4, -0.2) is 10.2 Å². The van der Waals surface area contributed by atoms with Gasteiger partial charge in [-0.05, 0) is 48.5 Å². The molecule has 0 fully saturated rings. The number of rotatable bonds is 8. The van der Waals surface area contributed by atoms with E-state index in [0.29, 0.717) is 22.9 Å². The van der Waals surface area contributed by atoms with Crippen LogP contribution in [0.5, 0.6) is 11.5 Å². The molecule has 3 rings (SSSR count). The van der Waals surface area contributed by atoms with Gasteiger partial charge >= 0.3 is 6.18 Å². The first-order valence-corrected chi connectivity index (χ1v) is 9.46. The van der Waals surface area contributed by atoms with Crippen LogP contribution in [0.15, 0.2) is 79.8 Å². The summed E-state index contributed by atoms with van der Waals surface area (Å²) in [6.07, 6.45) is -3.05. The first-order valence-electron chi connectivity index (χ1n) is 9.09. The number of benzene rings is 2. The van der Waals surface area contributed by atoms with E-state index < -0.39 is 11.7 Å². The summed E-state index contributed by atoms with van der Waals surface area (Å²) < 4.78 is 44.8. The van der Waals surface area contributed by atoms with Gasteiger partial charge in [-0.15, -0.1) is 0 Å². The summed E-state index contributed by atoms with van der Waals surface area (Å²) in [5.74, 6) is 1.28. The number of pyridine rings is 1. The van der Waals surface area contributed by atoms with Gasteiger partial charge in [0.25, 0.3) is 0 Å². The molecule has 166 valence electrons. The van der Waals surface area contributed by atoms with Crippen molar-refractivity contribution in [3.8, 4) is 11.5 Å². The van der Waals surface area contributed by atoms with Crippen molar-refractivity contribution in [1.29, 1.82) is 0 Å². The zero-order valence-corrected chi connectivity index (χ0v) is 17.3. The fraction of sp³-hybridized carbons (Fsp3) is 0.0455. The topological polar surface area (TPSA) is 78.4 Å². The lowest BCUT2D eigenvalue weighted by Gasteiger charge is -2.15. The van der Waals surface area contributed by atoms with Crippen molar-refractivity contribution in [2.45, 2.75) is 6.18 Å². The monoisotopic (exact) mass is 462 g/mol. The molecule has 0 bridgehead atoms. The second kappa shape index (κ2) is 9.63. The second-order valence-electron chi connectivity index (χ2n) is 6.51. The SMILES string of the molecule is C=C(Nc1ccc(Oc2ccnc(C(=C)NO)c2)cc1)Nc1ccc(Cl)c(C(F)(F)F)c1. The summed E-state index contributed by atoms with van der Waals surface area (Å²) in [6.45, 7) is 7.39. The lowest BCUT2D eigenvalue weighted by atomic mass is 10.2. The third kappa shape index (κ3) is 5.93. The Balaban J connectivity index is 1.62. The van der Waals surface area contributed by atoms with Gasteiger partial charge in [-0.3, -0.25) is 15.7 Å². The normalized spacial score (nSPS) is 10.9. The maximum Gasteiger partial charge on any atom is 0.417 e. The van der Waals surface area contributed by atoms with E-state index in [1.807, 2.05) is 5.48 Å². The van der Waals surface area contributed by atoms with E-state index in [1.165, 1.54) is 18.3 Å². The minimum atomic E-state index is -4.56. The van der Waals surface area contributed by atoms with Crippen LogP contribution in [0.4, 0.5) is 24.5 Å². The van der Waals surface area contributed by atoms with Crippen LogP contribution in [-0.2, 0) is 6.18 Å². The molecule has 10 heteroatoms. The third-order valence-electron chi connectivity index (χ3n) is 4.13. The Bertz CT molecular complexity index is 1130. The minimum absolute atomic E-state index is 0.187. The smallest absolute Gasteiger partial charge is 0.417 e. The summed E-state index contributed by atoms with van der Waals surface area (Å²) in [5.41, 5.74) is 2.46. The summed E-state index contributed by atoms with van der Waals surface area (Å²) >= 11 is 5.63. The van der Waals surface area contributed by atoms with Gasteiger partial charge in [-0.25, -0.2) is 0 Å². The molecule has 0 saturated heterocycles. The molecule has 0 aliphatic carbocycles. The third-order valence-corrected chi connectivity index (χ3v) is 4.46. The fourth-order valence-electron chi connectivity index (χ4n) is 2.64. The minimum Gasteiger partial charge on any atom is -0.457 e. The Hall–Kier alpha value is -3.69. The standard InChI is InChI=1S/C22H18ClF3N4O2/c1-13(30-31)21-12-18(9-10-27-21)32-17-6-3-15(4-7-17)28-14(2)29-16-5-8-20(23)19(11-16)22(24,25)26/h3-12,28-31H,1-2H2. The number of hydrogen-bond donors (Lipinski definition) is 4. The van der Waals surface area contributed by atoms with Gasteiger partial charge in [-0.2, -0.15) is 13.2 Å². The molecular formula is C22H18ClF3N4O2. The fourth-order valence-corrected chi connectivity index (χ4v) is 2.86. The Morgan fingerprint density at radius 3 is 2.25 bits per heavy atom. The maximum absolute atomic E-state index is 13.0. The quantitative estimate of drug-likeness (QED) is 0.286. The van der Waals surface area contributed by atoms with Crippen LogP contribution >= 0.6 is 11.6 Å². The summed E-state index contributed by atoms with van der Waals surface area (Å²) in [4.78, 5) is 4.06. The largest absolute Gasteiger partial charge is 0.457 e. The lowest BCUT2D eigenvalue weighted by molar-refractivity contribution is -0.137. The van der Waals surface area contributed by atoms with Gasteiger partial charge in [0.2, 0.25) is 0 Å². The van der Waals surface area contributed by atoms with Crippen molar-refractivity contribution in [2.75, 3.05) is 10.6 Å². The Morgan fingerprint density at radius 2 is 1.59 bits per heavy atom. The molecule has 0 atom stereocenters. The molecule has 0 saturated carbocycles. The van der Waals surface area contributed by atoms with Crippen LogP contribution in [0.3, 0.4) is 0 Å². The van der Waals surface area contributed by atoms with Crippen LogP contribution in [0, 0.1) is 0 Å². The highest BCUT2D eigenvalue weighted by molar-refractivity contribution is 6.31. The molecule has 0 aliphatic rings. The van der Waals surface area contributed by atoms with Crippen molar-refractivity contribution in [3.63, 3.8) is 0 Å². The molecule has 0 spiro atoms. The molecule has 2 aromatic carbocycles. The molecule has 1 heterocycles. The van der Waals surface area contributed by atoms with E-state index >= 15 is 0 Å². The lowest BCUT2D eigenvalue weighted by Crippen LogP contribution is -2.10. The highest BCUT2D eigenvalue weighted by atomic mass is 35.5. The molecular weight excluding hydrogens is 445 g/mol. The number of halogens is 4. The maximum atomic E-state index is 13.0. The van der Waals surface area contributed by atoms with Crippen molar-refractivity contribution in [2.24, 2.45) is 0 Å². The first-order chi connectivity index (χ1) is 15.2. The van der Waals surface area contributed by atoms with Gasteiger partial charge in [0.05, 0.1) is 22.0 Å². The molecule has 0 radical (unpaired) electrons. The van der Waals surface area contributed by atoms with Crippen LogP contribution in [0.25, 0.3) is 5.70 Å². The van der Waals surface area contributed by atoms with E-state index in [9.17, 15) is 13.2 Å². The van der Waals surface area contributed by atoms with E-state index in [1.54, 1.807) is 36.4 Å². The molecule has 4 N–H and O–H groups in total. The zero-order chi connectivity index (χ0) is 23.3. The number of anilines is 2. The summed E-state index contributed by atoms with van der Waals surface area (Å²) in [6, 6.07) is 13.6. The first kappa shape index (κ1) is 23.0. The Labute approximate surface area is 187 Å². The number of aromatic nitrogens is 1. The molecule has 0 aliphatic heterocycles. The van der Waals surface area contributed by atoms with E-state index in [2.05, 4.69) is 28.8 Å². The molecule has 1 aromatic heterocycles. The molecule has 0 unspecified atom stereocenters. The van der Waals surface area contributed by atoms with E-state index in [4.69, 9.17) is 21.5 Å². The second-order valence-corrected chi connectivity index (χ2v) is 6.92. The Morgan fingerprint density at radius 1 is 0.938 bits per heavy atom. The number of nitrogens with one attached hydrogen (secondary N) is 3. The van der Waals surface area contributed by atoms with Gasteiger partial charge < -0.3 is 15.4 Å². The predicted molar refractivity (Wildman–Crippen MR) is 118 cm³/mol. The van der Waals surface area contributed by atoms with Crippen molar-refractivity contribution in [3.05, 3.63) is 96.1 Å². The van der Waals surface area contributed by atoms with Crippen LogP contribution < -0.4 is 20.9 Å². The van der Waals surface area contributed by atoms with Gasteiger partial charge in [0, 0.05) is 23.6 Å². The van der Waals surface area contributed by atoms with Gasteiger partial charge in [0.1, 0.15) is 17.3 Å². The number of ether oxygens (including phenoxy) is 1. The van der Waals surface area contributed by atoms with Crippen molar-refractivity contribution in [1.82, 2.24) is 10.5 Å². The highest BCUT2D eigenvalue weighted by Crippen LogP contribution is 2.36. The molecule has 3 aromatic rings. The van der Waals surface area contributed by atoms with Gasteiger partial charge in [-0.1, -0.05) is 24.8 Å².